The number of hydrogen-bond acceptors (Lipinski definition) is 9. The molecule has 0 aromatic carbocycles. The van der Waals surface area contributed by atoms with Gasteiger partial charge in [0.15, 0.2) is 0 Å². The standard InChI is InChI=1S/C19H45N6.C11H26N4.ClH/c1-4-25(5-2,6-3)19-7-16-24-17-14-22-12-10-20-8-9-21-11-13-23-15-18-24;1-2-4-12-6-8-14-10-11-15-9-7-13-5-3-1;/h20-23H,4-19H2,1-3H3;12-15H,1-11H2;1H/q+1;;/p-1. The van der Waals surface area contributed by atoms with E-state index in [1.807, 2.05) is 0 Å². The lowest BCUT2D eigenvalue weighted by Gasteiger charge is -2.36. The van der Waals surface area contributed by atoms with Crippen molar-refractivity contribution < 1.29 is 16.9 Å². The second-order valence-electron chi connectivity index (χ2n) is 11.3. The zero-order chi connectivity index (χ0) is 28.8. The summed E-state index contributed by atoms with van der Waals surface area (Å²) in [6.45, 7) is 33.0. The van der Waals surface area contributed by atoms with Gasteiger partial charge in [-0.25, -0.2) is 0 Å². The van der Waals surface area contributed by atoms with Gasteiger partial charge in [-0.15, -0.1) is 0 Å². The minimum atomic E-state index is 0. The van der Waals surface area contributed by atoms with Crippen LogP contribution in [0.4, 0.5) is 0 Å². The Morgan fingerprint density at radius 1 is 0.439 bits per heavy atom. The molecule has 248 valence electrons. The molecule has 0 amide bonds. The maximum atomic E-state index is 3.58. The Morgan fingerprint density at radius 3 is 1.10 bits per heavy atom. The minimum Gasteiger partial charge on any atom is -1.00 e. The van der Waals surface area contributed by atoms with Gasteiger partial charge in [-0.3, -0.25) is 0 Å². The molecule has 0 radical (unpaired) electrons. The first-order valence-electron chi connectivity index (χ1n) is 17.0. The van der Waals surface area contributed by atoms with Gasteiger partial charge in [0, 0.05) is 118 Å². The van der Waals surface area contributed by atoms with Gasteiger partial charge >= 0.3 is 0 Å². The summed E-state index contributed by atoms with van der Waals surface area (Å²) in [7, 11) is 0. The number of quaternary nitrogens is 1. The van der Waals surface area contributed by atoms with Crippen molar-refractivity contribution in [3.8, 4) is 0 Å². The lowest BCUT2D eigenvalue weighted by Crippen LogP contribution is -3.00. The Labute approximate surface area is 261 Å². The van der Waals surface area contributed by atoms with Crippen LogP contribution in [-0.4, -0.2) is 160 Å². The van der Waals surface area contributed by atoms with Crippen molar-refractivity contribution in [2.24, 2.45) is 0 Å². The zero-order valence-electron chi connectivity index (χ0n) is 27.4. The van der Waals surface area contributed by atoms with Gasteiger partial charge in [0.1, 0.15) is 0 Å². The van der Waals surface area contributed by atoms with Crippen LogP contribution >= 0.6 is 0 Å². The van der Waals surface area contributed by atoms with Crippen molar-refractivity contribution in [1.82, 2.24) is 47.4 Å². The molecular weight excluding hydrogens is 536 g/mol. The molecule has 0 aromatic rings. The molecule has 0 atom stereocenters. The molecule has 0 spiro atoms. The highest BCUT2D eigenvalue weighted by Gasteiger charge is 2.20. The highest BCUT2D eigenvalue weighted by Crippen LogP contribution is 2.07. The summed E-state index contributed by atoms with van der Waals surface area (Å²) in [5.41, 5.74) is 0. The first-order chi connectivity index (χ1) is 19.8. The summed E-state index contributed by atoms with van der Waals surface area (Å²) in [5.74, 6) is 0. The fraction of sp³-hybridized carbons (Fsp3) is 1.00. The number of nitrogens with zero attached hydrogens (tertiary/aromatic N) is 2. The second-order valence-corrected chi connectivity index (χ2v) is 11.3. The predicted molar refractivity (Wildman–Crippen MR) is 175 cm³/mol. The molecule has 0 bridgehead atoms. The third-order valence-electron chi connectivity index (χ3n) is 8.41. The largest absolute Gasteiger partial charge is 1.00 e. The first-order valence-corrected chi connectivity index (χ1v) is 17.0. The topological polar surface area (TPSA) is 99.5 Å². The van der Waals surface area contributed by atoms with Gasteiger partial charge in [0.25, 0.3) is 0 Å². The van der Waals surface area contributed by atoms with E-state index in [1.165, 1.54) is 76.0 Å². The zero-order valence-corrected chi connectivity index (χ0v) is 28.1. The molecule has 0 unspecified atom stereocenters. The van der Waals surface area contributed by atoms with E-state index in [9.17, 15) is 0 Å². The van der Waals surface area contributed by atoms with Gasteiger partial charge in [-0.05, 0) is 46.7 Å². The predicted octanol–water partition coefficient (Wildman–Crippen LogP) is -3.54. The minimum absolute atomic E-state index is 0. The molecule has 8 N–H and O–H groups in total. The Hall–Kier alpha value is -0.110. The summed E-state index contributed by atoms with van der Waals surface area (Å²) in [6, 6.07) is 0. The molecule has 2 rings (SSSR count). The number of halogens is 1. The fourth-order valence-electron chi connectivity index (χ4n) is 5.32. The van der Waals surface area contributed by atoms with Gasteiger partial charge in [0.2, 0.25) is 0 Å². The van der Waals surface area contributed by atoms with Crippen molar-refractivity contribution in [3.63, 3.8) is 0 Å². The molecule has 11 heteroatoms. The molecule has 41 heavy (non-hydrogen) atoms. The van der Waals surface area contributed by atoms with Crippen LogP contribution in [0.15, 0.2) is 0 Å². The third-order valence-corrected chi connectivity index (χ3v) is 8.41. The Balaban J connectivity index is 0.000000856. The Kier molecular flexibility index (Phi) is 31.2. The molecule has 2 aliphatic heterocycles. The maximum absolute atomic E-state index is 3.58. The van der Waals surface area contributed by atoms with Crippen LogP contribution in [0.2, 0.25) is 0 Å². The highest BCUT2D eigenvalue weighted by atomic mass is 35.5. The van der Waals surface area contributed by atoms with Crippen LogP contribution in [0.5, 0.6) is 0 Å². The van der Waals surface area contributed by atoms with Crippen molar-refractivity contribution in [3.05, 3.63) is 0 Å². The lowest BCUT2D eigenvalue weighted by atomic mass is 10.2. The summed E-state index contributed by atoms with van der Waals surface area (Å²) >= 11 is 0. The molecule has 2 heterocycles. The molecule has 0 aromatic heterocycles. The SMILES string of the molecule is C1CCNCCNCCNCCNCC1.CC[N+](CC)(CC)CCCN1CCNCCNCCNCCNCC1.[Cl-]. The molecule has 10 nitrogen and oxygen atoms in total. The van der Waals surface area contributed by atoms with Crippen molar-refractivity contribution in [2.45, 2.75) is 46.5 Å². The van der Waals surface area contributed by atoms with E-state index in [0.29, 0.717) is 0 Å². The third kappa shape index (κ3) is 25.0. The van der Waals surface area contributed by atoms with Gasteiger partial charge < -0.3 is 64.3 Å². The molecule has 2 fully saturated rings. The maximum Gasteiger partial charge on any atom is 0.0798 e. The fourth-order valence-corrected chi connectivity index (χ4v) is 5.32. The average molecular weight is 607 g/mol. The highest BCUT2D eigenvalue weighted by molar-refractivity contribution is 4.65. The summed E-state index contributed by atoms with van der Waals surface area (Å²) < 4.78 is 1.27. The summed E-state index contributed by atoms with van der Waals surface area (Å²) in [4.78, 5) is 2.64. The number of nitrogens with one attached hydrogen (secondary N) is 8. The van der Waals surface area contributed by atoms with Crippen LogP contribution in [0, 0.1) is 0 Å². The van der Waals surface area contributed by atoms with Gasteiger partial charge in [0.05, 0.1) is 26.2 Å². The van der Waals surface area contributed by atoms with Crippen LogP contribution < -0.4 is 54.9 Å². The normalized spacial score (nSPS) is 21.4. The van der Waals surface area contributed by atoms with Crippen LogP contribution in [0.3, 0.4) is 0 Å². The molecular formula is C30H71ClN10. The van der Waals surface area contributed by atoms with E-state index in [2.05, 4.69) is 68.2 Å². The first kappa shape index (κ1) is 40.9. The summed E-state index contributed by atoms with van der Waals surface area (Å²) in [6.07, 6.45) is 5.25. The van der Waals surface area contributed by atoms with Gasteiger partial charge in [-0.2, -0.15) is 0 Å². The molecule has 2 aliphatic rings. The van der Waals surface area contributed by atoms with E-state index in [1.54, 1.807) is 0 Å². The van der Waals surface area contributed by atoms with E-state index >= 15 is 0 Å². The molecule has 0 saturated carbocycles. The number of rotatable bonds is 7. The van der Waals surface area contributed by atoms with Crippen LogP contribution in [0.1, 0.15) is 46.5 Å². The molecule has 2 saturated heterocycles. The smallest absolute Gasteiger partial charge is 0.0798 e. The quantitative estimate of drug-likeness (QED) is 0.140. The van der Waals surface area contributed by atoms with Crippen LogP contribution in [-0.2, 0) is 0 Å². The lowest BCUT2D eigenvalue weighted by molar-refractivity contribution is -0.923. The van der Waals surface area contributed by atoms with Crippen molar-refractivity contribution >= 4 is 0 Å². The second kappa shape index (κ2) is 31.3. The van der Waals surface area contributed by atoms with Gasteiger partial charge in [-0.1, -0.05) is 6.42 Å². The van der Waals surface area contributed by atoms with E-state index < -0.39 is 0 Å². The van der Waals surface area contributed by atoms with Crippen LogP contribution in [0.25, 0.3) is 0 Å². The summed E-state index contributed by atoms with van der Waals surface area (Å²) in [5, 5.41) is 27.8. The number of hydrogen-bond donors (Lipinski definition) is 8. The average Bonchev–Trinajstić information content (AvgIpc) is 3.00. The van der Waals surface area contributed by atoms with Crippen molar-refractivity contribution in [1.29, 1.82) is 0 Å². The van der Waals surface area contributed by atoms with E-state index in [-0.39, 0.29) is 12.4 Å². The Bertz CT molecular complexity index is 431. The Morgan fingerprint density at radius 2 is 0.756 bits per heavy atom. The van der Waals surface area contributed by atoms with E-state index in [4.69, 9.17) is 0 Å². The van der Waals surface area contributed by atoms with Crippen molar-refractivity contribution in [2.75, 3.05) is 151 Å². The van der Waals surface area contributed by atoms with E-state index in [0.717, 1.165) is 105 Å². The monoisotopic (exact) mass is 607 g/mol. The molecule has 0 aliphatic carbocycles.